The molecule has 2 aromatic heterocycles. The number of amides is 1. The van der Waals surface area contributed by atoms with Gasteiger partial charge in [-0.15, -0.1) is 5.10 Å². The fraction of sp³-hybridized carbons (Fsp3) is 0.316. The van der Waals surface area contributed by atoms with Crippen LogP contribution in [0.4, 0.5) is 5.82 Å². The van der Waals surface area contributed by atoms with Crippen LogP contribution in [-0.4, -0.2) is 37.9 Å². The predicted octanol–water partition coefficient (Wildman–Crippen LogP) is 2.96. The molecule has 1 saturated carbocycles. The Bertz CT molecular complexity index is 994. The summed E-state index contributed by atoms with van der Waals surface area (Å²) in [5.74, 6) is -0.00636. The number of hydrogen-bond acceptors (Lipinski definition) is 7. The number of para-hydroxylation sites is 1. The molecule has 1 aromatic carbocycles. The third-order valence-electron chi connectivity index (χ3n) is 4.40. The zero-order chi connectivity index (χ0) is 19.5. The molecule has 0 saturated heterocycles. The van der Waals surface area contributed by atoms with Crippen molar-refractivity contribution in [1.82, 2.24) is 19.4 Å². The van der Waals surface area contributed by atoms with E-state index in [4.69, 9.17) is 4.74 Å². The lowest BCUT2D eigenvalue weighted by molar-refractivity contribution is -0.119. The van der Waals surface area contributed by atoms with Gasteiger partial charge in [0.15, 0.2) is 11.5 Å². The quantitative estimate of drug-likeness (QED) is 0.616. The Labute approximate surface area is 165 Å². The van der Waals surface area contributed by atoms with Crippen molar-refractivity contribution >= 4 is 29.2 Å². The number of nitrogens with zero attached hydrogens (tertiary/aromatic N) is 4. The van der Waals surface area contributed by atoms with E-state index in [0.717, 1.165) is 35.8 Å². The Hall–Kier alpha value is -3.07. The number of esters is 1. The van der Waals surface area contributed by atoms with E-state index in [9.17, 15) is 9.59 Å². The molecule has 144 valence electrons. The van der Waals surface area contributed by atoms with Crippen LogP contribution >= 0.6 is 11.5 Å². The molecule has 4 rings (SSSR count). The van der Waals surface area contributed by atoms with E-state index in [-0.39, 0.29) is 0 Å². The fourth-order valence-electron chi connectivity index (χ4n) is 2.80. The molecule has 1 amide bonds. The normalized spacial score (nSPS) is 13.3. The summed E-state index contributed by atoms with van der Waals surface area (Å²) >= 11 is 0.970. The Balaban J connectivity index is 1.45. The predicted molar refractivity (Wildman–Crippen MR) is 104 cm³/mol. The van der Waals surface area contributed by atoms with Gasteiger partial charge in [-0.3, -0.25) is 4.79 Å². The van der Waals surface area contributed by atoms with Gasteiger partial charge in [-0.25, -0.2) is 9.48 Å². The Morgan fingerprint density at radius 3 is 2.79 bits per heavy atom. The van der Waals surface area contributed by atoms with Crippen molar-refractivity contribution in [3.63, 3.8) is 0 Å². The minimum Gasteiger partial charge on any atom is -0.451 e. The van der Waals surface area contributed by atoms with Gasteiger partial charge in [-0.1, -0.05) is 29.6 Å². The molecule has 0 bridgehead atoms. The van der Waals surface area contributed by atoms with Crippen molar-refractivity contribution in [2.75, 3.05) is 11.9 Å². The number of carbonyl (C=O) groups excluding carboxylic acids is 2. The lowest BCUT2D eigenvalue weighted by Crippen LogP contribution is -2.22. The van der Waals surface area contributed by atoms with E-state index in [2.05, 4.69) is 20.0 Å². The van der Waals surface area contributed by atoms with Gasteiger partial charge >= 0.3 is 5.97 Å². The van der Waals surface area contributed by atoms with Crippen molar-refractivity contribution < 1.29 is 14.3 Å². The maximum atomic E-state index is 12.4. The fourth-order valence-corrected chi connectivity index (χ4v) is 3.45. The number of ether oxygens (including phenoxy) is 1. The highest BCUT2D eigenvalue weighted by molar-refractivity contribution is 7.07. The number of rotatable bonds is 7. The van der Waals surface area contributed by atoms with Crippen LogP contribution in [0, 0.1) is 0 Å². The van der Waals surface area contributed by atoms with Crippen molar-refractivity contribution in [3.8, 4) is 5.69 Å². The van der Waals surface area contributed by atoms with Crippen LogP contribution in [0.15, 0.2) is 36.4 Å². The van der Waals surface area contributed by atoms with Crippen LogP contribution in [0.1, 0.15) is 46.7 Å². The molecule has 0 radical (unpaired) electrons. The molecule has 3 aromatic rings. The first-order valence-electron chi connectivity index (χ1n) is 9.09. The van der Waals surface area contributed by atoms with Crippen molar-refractivity contribution in [3.05, 3.63) is 52.7 Å². The van der Waals surface area contributed by atoms with Crippen LogP contribution < -0.4 is 5.32 Å². The first kappa shape index (κ1) is 18.3. The molecule has 2 heterocycles. The van der Waals surface area contributed by atoms with E-state index in [1.165, 1.54) is 0 Å². The zero-order valence-electron chi connectivity index (χ0n) is 15.3. The van der Waals surface area contributed by atoms with Gasteiger partial charge in [0.25, 0.3) is 5.91 Å². The first-order chi connectivity index (χ1) is 13.7. The third-order valence-corrected chi connectivity index (χ3v) is 5.15. The van der Waals surface area contributed by atoms with Crippen molar-refractivity contribution in [1.29, 1.82) is 0 Å². The van der Waals surface area contributed by atoms with Gasteiger partial charge < -0.3 is 10.1 Å². The van der Waals surface area contributed by atoms with Crippen LogP contribution in [0.5, 0.6) is 0 Å². The van der Waals surface area contributed by atoms with Crippen molar-refractivity contribution in [2.45, 2.75) is 32.1 Å². The summed E-state index contributed by atoms with van der Waals surface area (Å²) in [5, 5.41) is 11.3. The third kappa shape index (κ3) is 3.94. The summed E-state index contributed by atoms with van der Waals surface area (Å²) in [6.45, 7) is 1.49. The average molecular weight is 397 g/mol. The summed E-state index contributed by atoms with van der Waals surface area (Å²) in [7, 11) is 0. The summed E-state index contributed by atoms with van der Waals surface area (Å²) in [6.07, 6.45) is 2.80. The number of nitrogens with one attached hydrogen (secondary N) is 1. The molecule has 0 unspecified atom stereocenters. The molecule has 0 spiro atoms. The smallest absolute Gasteiger partial charge is 0.352 e. The van der Waals surface area contributed by atoms with E-state index < -0.39 is 18.5 Å². The highest BCUT2D eigenvalue weighted by Crippen LogP contribution is 2.40. The van der Waals surface area contributed by atoms with Gasteiger partial charge in [0.1, 0.15) is 5.82 Å². The SMILES string of the molecule is CCc1nnsc1C(=O)OCC(=O)Nc1cc(C2CC2)nn1-c1ccccc1. The highest BCUT2D eigenvalue weighted by Gasteiger charge is 2.28. The van der Waals surface area contributed by atoms with Gasteiger partial charge in [0.2, 0.25) is 0 Å². The maximum Gasteiger partial charge on any atom is 0.352 e. The monoisotopic (exact) mass is 397 g/mol. The molecule has 1 aliphatic rings. The molecular formula is C19H19N5O3S. The summed E-state index contributed by atoms with van der Waals surface area (Å²) in [6, 6.07) is 11.5. The number of anilines is 1. The van der Waals surface area contributed by atoms with Crippen molar-refractivity contribution in [2.24, 2.45) is 0 Å². The summed E-state index contributed by atoms with van der Waals surface area (Å²) in [4.78, 5) is 24.8. The van der Waals surface area contributed by atoms with Gasteiger partial charge in [0.05, 0.1) is 17.1 Å². The van der Waals surface area contributed by atoms with Crippen LogP contribution in [-0.2, 0) is 16.0 Å². The summed E-state index contributed by atoms with van der Waals surface area (Å²) in [5.41, 5.74) is 2.39. The topological polar surface area (TPSA) is 99.0 Å². The lowest BCUT2D eigenvalue weighted by Gasteiger charge is -2.09. The lowest BCUT2D eigenvalue weighted by atomic mass is 10.3. The largest absolute Gasteiger partial charge is 0.451 e. The second-order valence-electron chi connectivity index (χ2n) is 6.50. The molecular weight excluding hydrogens is 378 g/mol. The molecule has 0 aliphatic heterocycles. The second-order valence-corrected chi connectivity index (χ2v) is 7.26. The number of benzene rings is 1. The maximum absolute atomic E-state index is 12.4. The number of aromatic nitrogens is 4. The second kappa shape index (κ2) is 7.89. The molecule has 28 heavy (non-hydrogen) atoms. The first-order valence-corrected chi connectivity index (χ1v) is 9.86. The average Bonchev–Trinajstić information content (AvgIpc) is 3.31. The van der Waals surface area contributed by atoms with Crippen LogP contribution in [0.25, 0.3) is 5.69 Å². The standard InChI is InChI=1S/C19H19N5O3S/c1-2-14-18(28-23-21-14)19(26)27-11-17(25)20-16-10-15(12-8-9-12)22-24(16)13-6-4-3-5-7-13/h3-7,10,12H,2,8-9,11H2,1H3,(H,20,25). The highest BCUT2D eigenvalue weighted by atomic mass is 32.1. The van der Waals surface area contributed by atoms with Gasteiger partial charge in [0, 0.05) is 12.0 Å². The molecule has 1 aliphatic carbocycles. The molecule has 0 atom stereocenters. The Kier molecular flexibility index (Phi) is 5.16. The van der Waals surface area contributed by atoms with Crippen LogP contribution in [0.3, 0.4) is 0 Å². The molecule has 9 heteroatoms. The van der Waals surface area contributed by atoms with Crippen LogP contribution in [0.2, 0.25) is 0 Å². The molecule has 8 nitrogen and oxygen atoms in total. The van der Waals surface area contributed by atoms with E-state index in [0.29, 0.717) is 28.7 Å². The number of carbonyl (C=O) groups is 2. The zero-order valence-corrected chi connectivity index (χ0v) is 16.1. The molecule has 1 N–H and O–H groups in total. The van der Waals surface area contributed by atoms with E-state index in [1.807, 2.05) is 43.3 Å². The number of hydrogen-bond donors (Lipinski definition) is 1. The summed E-state index contributed by atoms with van der Waals surface area (Å²) < 4.78 is 10.6. The van der Waals surface area contributed by atoms with E-state index in [1.54, 1.807) is 4.68 Å². The Morgan fingerprint density at radius 1 is 1.29 bits per heavy atom. The Morgan fingerprint density at radius 2 is 2.07 bits per heavy atom. The van der Waals surface area contributed by atoms with E-state index >= 15 is 0 Å². The number of aryl methyl sites for hydroxylation is 1. The van der Waals surface area contributed by atoms with Gasteiger partial charge in [-0.2, -0.15) is 5.10 Å². The minimum atomic E-state index is -0.586. The molecule has 1 fully saturated rings. The van der Waals surface area contributed by atoms with Gasteiger partial charge in [-0.05, 0) is 42.9 Å². The minimum absolute atomic E-state index is 0.334.